The van der Waals surface area contributed by atoms with Gasteiger partial charge in [0.25, 0.3) is 0 Å². The Kier molecular flexibility index (Phi) is 5.54. The third-order valence-electron chi connectivity index (χ3n) is 3.68. The monoisotopic (exact) mass is 233 g/mol. The quantitative estimate of drug-likeness (QED) is 0.681. The lowest BCUT2D eigenvalue weighted by Crippen LogP contribution is -2.05. The number of para-hydroxylation sites is 1. The summed E-state index contributed by atoms with van der Waals surface area (Å²) in [5.41, 5.74) is 10.1. The fraction of sp³-hybridized carbons (Fsp3) is 0.625. The first-order valence-electron chi connectivity index (χ1n) is 7.00. The second kappa shape index (κ2) is 6.68. The van der Waals surface area contributed by atoms with E-state index in [2.05, 4.69) is 45.9 Å². The van der Waals surface area contributed by atoms with Gasteiger partial charge in [0.1, 0.15) is 0 Å². The van der Waals surface area contributed by atoms with Crippen LogP contribution in [0, 0.1) is 0 Å². The van der Waals surface area contributed by atoms with Crippen molar-refractivity contribution in [1.29, 1.82) is 0 Å². The summed E-state index contributed by atoms with van der Waals surface area (Å²) in [5, 5.41) is 0. The molecule has 0 heterocycles. The molecule has 1 rings (SSSR count). The summed E-state index contributed by atoms with van der Waals surface area (Å²) in [4.78, 5) is 0. The number of hydrogen-bond acceptors (Lipinski definition) is 1. The van der Waals surface area contributed by atoms with Crippen LogP contribution in [0.4, 0.5) is 5.69 Å². The van der Waals surface area contributed by atoms with Crippen LogP contribution in [0.3, 0.4) is 0 Å². The lowest BCUT2D eigenvalue weighted by molar-refractivity contribution is 0.652. The summed E-state index contributed by atoms with van der Waals surface area (Å²) in [5.74, 6) is 1.16. The van der Waals surface area contributed by atoms with Crippen LogP contribution in [-0.2, 0) is 0 Å². The van der Waals surface area contributed by atoms with Crippen molar-refractivity contribution in [2.45, 2.75) is 65.2 Å². The SMILES string of the molecule is CCCC(C)c1cccc(C(C)CCC)c1N. The van der Waals surface area contributed by atoms with Gasteiger partial charge in [0.15, 0.2) is 0 Å². The van der Waals surface area contributed by atoms with Crippen LogP contribution in [0.5, 0.6) is 0 Å². The normalized spacial score (nSPS) is 14.6. The first kappa shape index (κ1) is 14.1. The largest absolute Gasteiger partial charge is 0.398 e. The molecular formula is C16H27N. The van der Waals surface area contributed by atoms with Crippen molar-refractivity contribution in [1.82, 2.24) is 0 Å². The van der Waals surface area contributed by atoms with Gasteiger partial charge < -0.3 is 5.73 Å². The second-order valence-corrected chi connectivity index (χ2v) is 5.23. The van der Waals surface area contributed by atoms with Gasteiger partial charge in [-0.25, -0.2) is 0 Å². The second-order valence-electron chi connectivity index (χ2n) is 5.23. The standard InChI is InChI=1S/C16H27N/c1-5-8-12(3)14-10-7-11-15(16(14)17)13(4)9-6-2/h7,10-13H,5-6,8-9,17H2,1-4H3. The molecule has 17 heavy (non-hydrogen) atoms. The molecule has 0 bridgehead atoms. The third kappa shape index (κ3) is 3.49. The molecule has 0 aliphatic rings. The van der Waals surface area contributed by atoms with Crippen molar-refractivity contribution in [2.75, 3.05) is 5.73 Å². The molecule has 1 heteroatoms. The Morgan fingerprint density at radius 2 is 1.35 bits per heavy atom. The van der Waals surface area contributed by atoms with Gasteiger partial charge in [-0.2, -0.15) is 0 Å². The average molecular weight is 233 g/mol. The predicted molar refractivity (Wildman–Crippen MR) is 77.5 cm³/mol. The number of nitrogens with two attached hydrogens (primary N) is 1. The maximum Gasteiger partial charge on any atom is 0.0384 e. The summed E-state index contributed by atoms with van der Waals surface area (Å²) in [7, 11) is 0. The molecule has 1 aromatic carbocycles. The zero-order valence-electron chi connectivity index (χ0n) is 11.8. The Balaban J connectivity index is 2.98. The van der Waals surface area contributed by atoms with Crippen molar-refractivity contribution < 1.29 is 0 Å². The molecule has 0 spiro atoms. The molecule has 2 N–H and O–H groups in total. The van der Waals surface area contributed by atoms with Crippen molar-refractivity contribution in [2.24, 2.45) is 0 Å². The number of hydrogen-bond donors (Lipinski definition) is 1. The lowest BCUT2D eigenvalue weighted by atomic mass is 9.88. The number of anilines is 1. The molecule has 1 aromatic rings. The Labute approximate surface area is 106 Å². The van der Waals surface area contributed by atoms with Crippen LogP contribution in [0.1, 0.15) is 76.3 Å². The molecule has 0 saturated heterocycles. The van der Waals surface area contributed by atoms with Gasteiger partial charge in [-0.3, -0.25) is 0 Å². The van der Waals surface area contributed by atoms with Crippen LogP contribution in [-0.4, -0.2) is 0 Å². The molecule has 0 aliphatic carbocycles. The van der Waals surface area contributed by atoms with Gasteiger partial charge in [-0.15, -0.1) is 0 Å². The molecule has 0 radical (unpaired) electrons. The molecular weight excluding hydrogens is 206 g/mol. The van der Waals surface area contributed by atoms with Crippen LogP contribution in [0.25, 0.3) is 0 Å². The summed E-state index contributed by atoms with van der Waals surface area (Å²) in [6, 6.07) is 6.55. The van der Waals surface area contributed by atoms with Gasteiger partial charge in [0.05, 0.1) is 0 Å². The van der Waals surface area contributed by atoms with Gasteiger partial charge in [-0.1, -0.05) is 58.7 Å². The number of benzene rings is 1. The van der Waals surface area contributed by atoms with Gasteiger partial charge in [0.2, 0.25) is 0 Å². The highest BCUT2D eigenvalue weighted by Gasteiger charge is 2.14. The van der Waals surface area contributed by atoms with E-state index in [9.17, 15) is 0 Å². The van der Waals surface area contributed by atoms with Gasteiger partial charge in [-0.05, 0) is 35.8 Å². The molecule has 2 atom stereocenters. The molecule has 96 valence electrons. The van der Waals surface area contributed by atoms with E-state index < -0.39 is 0 Å². The summed E-state index contributed by atoms with van der Waals surface area (Å²) in [6.07, 6.45) is 4.87. The van der Waals surface area contributed by atoms with Crippen LogP contribution < -0.4 is 5.73 Å². The minimum atomic E-state index is 0.578. The number of nitrogen functional groups attached to an aromatic ring is 1. The van der Waals surface area contributed by atoms with E-state index in [1.807, 2.05) is 0 Å². The lowest BCUT2D eigenvalue weighted by Gasteiger charge is -2.19. The Hall–Kier alpha value is -0.980. The molecule has 0 amide bonds. The summed E-state index contributed by atoms with van der Waals surface area (Å²) < 4.78 is 0. The topological polar surface area (TPSA) is 26.0 Å². The molecule has 0 aliphatic heterocycles. The smallest absolute Gasteiger partial charge is 0.0384 e. The summed E-state index contributed by atoms with van der Waals surface area (Å²) >= 11 is 0. The van der Waals surface area contributed by atoms with E-state index in [0.717, 1.165) is 5.69 Å². The first-order valence-corrected chi connectivity index (χ1v) is 7.00. The zero-order chi connectivity index (χ0) is 12.8. The highest BCUT2D eigenvalue weighted by atomic mass is 14.6. The molecule has 0 fully saturated rings. The molecule has 2 unspecified atom stereocenters. The van der Waals surface area contributed by atoms with Gasteiger partial charge >= 0.3 is 0 Å². The highest BCUT2D eigenvalue weighted by molar-refractivity contribution is 5.56. The van der Waals surface area contributed by atoms with Crippen molar-refractivity contribution >= 4 is 5.69 Å². The molecule has 0 aromatic heterocycles. The Morgan fingerprint density at radius 3 is 1.71 bits per heavy atom. The van der Waals surface area contributed by atoms with Gasteiger partial charge in [0, 0.05) is 5.69 Å². The maximum absolute atomic E-state index is 6.35. The van der Waals surface area contributed by atoms with E-state index in [1.165, 1.54) is 36.8 Å². The first-order chi connectivity index (χ1) is 8.11. The summed E-state index contributed by atoms with van der Waals surface area (Å²) in [6.45, 7) is 9.03. The number of rotatable bonds is 6. The average Bonchev–Trinajstić information content (AvgIpc) is 2.29. The predicted octanol–water partition coefficient (Wildman–Crippen LogP) is 5.08. The minimum absolute atomic E-state index is 0.578. The van der Waals surface area contributed by atoms with Crippen molar-refractivity contribution in [3.63, 3.8) is 0 Å². The molecule has 1 nitrogen and oxygen atoms in total. The van der Waals surface area contributed by atoms with E-state index in [0.29, 0.717) is 11.8 Å². The van der Waals surface area contributed by atoms with Crippen LogP contribution in [0.15, 0.2) is 18.2 Å². The Bertz CT molecular complexity index is 313. The van der Waals surface area contributed by atoms with E-state index in [-0.39, 0.29) is 0 Å². The highest BCUT2D eigenvalue weighted by Crippen LogP contribution is 2.33. The molecule has 0 saturated carbocycles. The zero-order valence-corrected chi connectivity index (χ0v) is 11.8. The van der Waals surface area contributed by atoms with Crippen LogP contribution >= 0.6 is 0 Å². The van der Waals surface area contributed by atoms with Crippen molar-refractivity contribution in [3.05, 3.63) is 29.3 Å². The van der Waals surface area contributed by atoms with E-state index >= 15 is 0 Å². The minimum Gasteiger partial charge on any atom is -0.398 e. The van der Waals surface area contributed by atoms with E-state index in [1.54, 1.807) is 0 Å². The Morgan fingerprint density at radius 1 is 0.941 bits per heavy atom. The van der Waals surface area contributed by atoms with Crippen molar-refractivity contribution in [3.8, 4) is 0 Å². The fourth-order valence-corrected chi connectivity index (χ4v) is 2.64. The fourth-order valence-electron chi connectivity index (χ4n) is 2.64. The maximum atomic E-state index is 6.35. The third-order valence-corrected chi connectivity index (χ3v) is 3.68. The van der Waals surface area contributed by atoms with Crippen LogP contribution in [0.2, 0.25) is 0 Å². The van der Waals surface area contributed by atoms with E-state index in [4.69, 9.17) is 5.73 Å².